The summed E-state index contributed by atoms with van der Waals surface area (Å²) in [6.45, 7) is 1.44. The second-order valence-electron chi connectivity index (χ2n) is 5.59. The van der Waals surface area contributed by atoms with E-state index in [4.69, 9.17) is 15.9 Å². The fraction of sp³-hybridized carbons (Fsp3) is 0.600. The highest BCUT2D eigenvalue weighted by atomic mass is 16.7. The van der Waals surface area contributed by atoms with Gasteiger partial charge in [0.1, 0.15) is 6.79 Å². The van der Waals surface area contributed by atoms with Crippen molar-refractivity contribution in [1.82, 2.24) is 9.55 Å². The van der Waals surface area contributed by atoms with Crippen LogP contribution in [0.15, 0.2) is 15.8 Å². The van der Waals surface area contributed by atoms with E-state index in [2.05, 4.69) is 10.9 Å². The van der Waals surface area contributed by atoms with Crippen LogP contribution >= 0.6 is 0 Å². The summed E-state index contributed by atoms with van der Waals surface area (Å²) in [6, 6.07) is -0.256. The number of aliphatic hydroxyl groups is 1. The molecule has 22 heavy (non-hydrogen) atoms. The zero-order valence-corrected chi connectivity index (χ0v) is 12.7. The maximum Gasteiger partial charge on any atom is 0.328 e. The molecule has 1 aliphatic rings. The molecule has 0 saturated heterocycles. The van der Waals surface area contributed by atoms with Crippen molar-refractivity contribution in [2.45, 2.75) is 31.9 Å². The van der Waals surface area contributed by atoms with Crippen LogP contribution in [0.25, 0.3) is 0 Å². The minimum absolute atomic E-state index is 0.0559. The number of aromatic nitrogens is 2. The molecule has 0 aromatic carbocycles. The normalized spacial score (nSPS) is 27.7. The number of methoxy groups -OCH3 is 1. The summed E-state index contributed by atoms with van der Waals surface area (Å²) in [7, 11) is 1.50. The first kappa shape index (κ1) is 16.5. The van der Waals surface area contributed by atoms with Gasteiger partial charge in [-0.3, -0.25) is 14.3 Å². The van der Waals surface area contributed by atoms with E-state index < -0.39 is 22.8 Å². The number of hydrogen-bond donors (Lipinski definition) is 2. The van der Waals surface area contributed by atoms with Gasteiger partial charge in [-0.15, -0.1) is 6.42 Å². The molecule has 1 saturated carbocycles. The van der Waals surface area contributed by atoms with E-state index in [0.29, 0.717) is 18.4 Å². The summed E-state index contributed by atoms with van der Waals surface area (Å²) in [6.07, 6.45) is 7.54. The first-order valence-electron chi connectivity index (χ1n) is 6.98. The molecule has 0 amide bonds. The minimum Gasteiger partial charge on any atom is -0.395 e. The van der Waals surface area contributed by atoms with Gasteiger partial charge in [-0.05, 0) is 19.8 Å². The summed E-state index contributed by atoms with van der Waals surface area (Å²) in [4.78, 5) is 25.8. The third-order valence-corrected chi connectivity index (χ3v) is 4.20. The van der Waals surface area contributed by atoms with E-state index in [1.165, 1.54) is 17.9 Å². The van der Waals surface area contributed by atoms with Crippen LogP contribution in [0.3, 0.4) is 0 Å². The van der Waals surface area contributed by atoms with E-state index in [-0.39, 0.29) is 19.4 Å². The van der Waals surface area contributed by atoms with E-state index >= 15 is 0 Å². The van der Waals surface area contributed by atoms with Gasteiger partial charge in [0.05, 0.1) is 18.1 Å². The first-order chi connectivity index (χ1) is 10.5. The Kier molecular flexibility index (Phi) is 4.86. The van der Waals surface area contributed by atoms with Crippen molar-refractivity contribution < 1.29 is 14.6 Å². The van der Waals surface area contributed by atoms with Gasteiger partial charge >= 0.3 is 5.69 Å². The Bertz CT molecular complexity index is 686. The van der Waals surface area contributed by atoms with Crippen molar-refractivity contribution in [3.05, 3.63) is 32.6 Å². The molecule has 1 fully saturated rings. The maximum atomic E-state index is 12.0. The highest BCUT2D eigenvalue weighted by Crippen LogP contribution is 2.45. The van der Waals surface area contributed by atoms with Crippen molar-refractivity contribution in [1.29, 1.82) is 0 Å². The molecule has 7 heteroatoms. The Morgan fingerprint density at radius 3 is 2.91 bits per heavy atom. The molecule has 1 heterocycles. The number of H-pyrrole nitrogens is 1. The van der Waals surface area contributed by atoms with Crippen LogP contribution in [-0.4, -0.2) is 41.3 Å². The van der Waals surface area contributed by atoms with E-state index in [0.717, 1.165) is 0 Å². The van der Waals surface area contributed by atoms with Gasteiger partial charge < -0.3 is 14.6 Å². The summed E-state index contributed by atoms with van der Waals surface area (Å²) >= 11 is 0. The molecule has 1 aliphatic carbocycles. The Balaban J connectivity index is 2.36. The van der Waals surface area contributed by atoms with Crippen LogP contribution in [0.5, 0.6) is 0 Å². The second kappa shape index (κ2) is 6.48. The largest absolute Gasteiger partial charge is 0.395 e. The van der Waals surface area contributed by atoms with Crippen molar-refractivity contribution in [3.8, 4) is 12.3 Å². The van der Waals surface area contributed by atoms with Crippen LogP contribution < -0.4 is 11.2 Å². The number of rotatable bonds is 5. The fourth-order valence-corrected chi connectivity index (χ4v) is 2.92. The lowest BCUT2D eigenvalue weighted by Gasteiger charge is -2.27. The van der Waals surface area contributed by atoms with E-state index in [1.807, 2.05) is 0 Å². The maximum absolute atomic E-state index is 12.0. The third kappa shape index (κ3) is 2.86. The van der Waals surface area contributed by atoms with Crippen molar-refractivity contribution in [3.63, 3.8) is 0 Å². The van der Waals surface area contributed by atoms with E-state index in [1.54, 1.807) is 6.92 Å². The number of nitrogens with zero attached hydrogens (tertiary/aromatic N) is 1. The summed E-state index contributed by atoms with van der Waals surface area (Å²) in [5.41, 5.74) is -1.32. The second-order valence-corrected chi connectivity index (χ2v) is 5.59. The molecule has 0 aliphatic heterocycles. The van der Waals surface area contributed by atoms with Gasteiger partial charge in [0.25, 0.3) is 5.56 Å². The van der Waals surface area contributed by atoms with Crippen LogP contribution in [0.4, 0.5) is 0 Å². The molecule has 120 valence electrons. The zero-order valence-electron chi connectivity index (χ0n) is 12.7. The van der Waals surface area contributed by atoms with Gasteiger partial charge in [0.15, 0.2) is 0 Å². The number of nitrogens with one attached hydrogen (secondary N) is 1. The topological polar surface area (TPSA) is 93.6 Å². The van der Waals surface area contributed by atoms with Crippen LogP contribution in [-0.2, 0) is 9.47 Å². The molecule has 2 N–H and O–H groups in total. The smallest absolute Gasteiger partial charge is 0.328 e. The number of hydrogen-bond acceptors (Lipinski definition) is 5. The standard InChI is InChI=1S/C15H20N2O5/c1-4-15(8-18)6-11(5-12(15)22-9-21-3)17-7-10(2)13(19)16-14(17)20/h1,7,11-12,18H,5-6,8-9H2,2-3H3,(H,16,19,20)/t11-,12-,15+/m0/s1. The Morgan fingerprint density at radius 1 is 1.59 bits per heavy atom. The molecule has 3 atom stereocenters. The van der Waals surface area contributed by atoms with Crippen LogP contribution in [0, 0.1) is 24.7 Å². The number of ether oxygens (including phenoxy) is 2. The SMILES string of the molecule is C#C[C@]1(CO)C[C@@H](n2cc(C)c(=O)[nH]c2=O)C[C@@H]1OCOC. The Morgan fingerprint density at radius 2 is 2.32 bits per heavy atom. The van der Waals surface area contributed by atoms with Gasteiger partial charge in [0.2, 0.25) is 0 Å². The molecule has 0 bridgehead atoms. The summed E-state index contributed by atoms with van der Waals surface area (Å²) < 4.78 is 11.9. The average Bonchev–Trinajstić information content (AvgIpc) is 2.88. The predicted molar refractivity (Wildman–Crippen MR) is 79.4 cm³/mol. The monoisotopic (exact) mass is 308 g/mol. The molecular weight excluding hydrogens is 288 g/mol. The quantitative estimate of drug-likeness (QED) is 0.579. The molecule has 1 aromatic rings. The summed E-state index contributed by atoms with van der Waals surface area (Å²) in [5, 5.41) is 9.71. The van der Waals surface area contributed by atoms with Crippen molar-refractivity contribution >= 4 is 0 Å². The van der Waals surface area contributed by atoms with Gasteiger partial charge in [0, 0.05) is 24.9 Å². The lowest BCUT2D eigenvalue weighted by atomic mass is 9.86. The zero-order chi connectivity index (χ0) is 16.3. The lowest BCUT2D eigenvalue weighted by Crippen LogP contribution is -2.35. The first-order valence-corrected chi connectivity index (χ1v) is 6.98. The van der Waals surface area contributed by atoms with Gasteiger partial charge in [-0.1, -0.05) is 5.92 Å². The van der Waals surface area contributed by atoms with Crippen LogP contribution in [0.2, 0.25) is 0 Å². The average molecular weight is 308 g/mol. The Labute approximate surface area is 127 Å². The van der Waals surface area contributed by atoms with Crippen molar-refractivity contribution in [2.75, 3.05) is 20.5 Å². The van der Waals surface area contributed by atoms with Gasteiger partial charge in [-0.25, -0.2) is 4.79 Å². The number of terminal acetylenes is 1. The molecule has 7 nitrogen and oxygen atoms in total. The third-order valence-electron chi connectivity index (χ3n) is 4.20. The number of aromatic amines is 1. The molecule has 2 rings (SSSR count). The fourth-order valence-electron chi connectivity index (χ4n) is 2.92. The predicted octanol–water partition coefficient (Wildman–Crippen LogP) is -0.219. The lowest BCUT2D eigenvalue weighted by molar-refractivity contribution is -0.104. The highest BCUT2D eigenvalue weighted by molar-refractivity contribution is 5.16. The highest BCUT2D eigenvalue weighted by Gasteiger charge is 2.48. The van der Waals surface area contributed by atoms with Gasteiger partial charge in [-0.2, -0.15) is 0 Å². The van der Waals surface area contributed by atoms with E-state index in [9.17, 15) is 14.7 Å². The summed E-state index contributed by atoms with van der Waals surface area (Å²) in [5.74, 6) is 2.61. The molecule has 0 radical (unpaired) electrons. The van der Waals surface area contributed by atoms with Crippen molar-refractivity contribution in [2.24, 2.45) is 5.41 Å². The minimum atomic E-state index is -0.868. The Hall–Kier alpha value is -1.88. The molecule has 0 unspecified atom stereocenters. The molecular formula is C15H20N2O5. The number of aliphatic hydroxyl groups excluding tert-OH is 1. The molecule has 0 spiro atoms. The number of aryl methyl sites for hydroxylation is 1. The molecule has 1 aromatic heterocycles. The van der Waals surface area contributed by atoms with Crippen LogP contribution in [0.1, 0.15) is 24.4 Å².